The zero-order chi connectivity index (χ0) is 18.5. The fraction of sp³-hybridized carbons (Fsp3) is 0.600. The van der Waals surface area contributed by atoms with Crippen LogP contribution in [0.4, 0.5) is 8.78 Å². The van der Waals surface area contributed by atoms with Gasteiger partial charge >= 0.3 is 6.61 Å². The van der Waals surface area contributed by atoms with Gasteiger partial charge in [-0.2, -0.15) is 17.2 Å². The highest BCUT2D eigenvalue weighted by Gasteiger charge is 2.46. The molecule has 0 amide bonds. The molecule has 0 aliphatic rings. The monoisotopic (exact) mass is 368 g/mol. The Morgan fingerprint density at radius 1 is 1.04 bits per heavy atom. The number of benzene rings is 1. The summed E-state index contributed by atoms with van der Waals surface area (Å²) in [5.74, 6) is -1.88. The lowest BCUT2D eigenvalue weighted by Crippen LogP contribution is -2.48. The molecule has 0 N–H and O–H groups in total. The van der Waals surface area contributed by atoms with E-state index in [4.69, 9.17) is 13.7 Å². The first-order valence-electron chi connectivity index (χ1n) is 7.09. The maximum Gasteiger partial charge on any atom is 0.387 e. The molecule has 1 unspecified atom stereocenters. The van der Waals surface area contributed by atoms with Crippen molar-refractivity contribution in [2.75, 3.05) is 20.5 Å². The Morgan fingerprint density at radius 2 is 1.54 bits per heavy atom. The van der Waals surface area contributed by atoms with E-state index in [2.05, 4.69) is 4.74 Å². The zero-order valence-electron chi connectivity index (χ0n) is 14.2. The number of hydrogen-bond donors (Lipinski definition) is 0. The molecule has 0 aliphatic heterocycles. The van der Waals surface area contributed by atoms with Gasteiger partial charge in [-0.15, -0.1) is 0 Å². The molecule has 1 aromatic carbocycles. The van der Waals surface area contributed by atoms with Gasteiger partial charge in [0.05, 0.1) is 6.26 Å². The van der Waals surface area contributed by atoms with Gasteiger partial charge in [0.2, 0.25) is 5.79 Å². The second kappa shape index (κ2) is 8.19. The normalized spacial score (nSPS) is 14.2. The fourth-order valence-corrected chi connectivity index (χ4v) is 3.11. The van der Waals surface area contributed by atoms with Gasteiger partial charge in [0.15, 0.2) is 0 Å². The van der Waals surface area contributed by atoms with Crippen LogP contribution in [0.3, 0.4) is 0 Å². The third kappa shape index (κ3) is 5.10. The molecule has 0 heterocycles. The third-order valence-electron chi connectivity index (χ3n) is 3.35. The van der Waals surface area contributed by atoms with Crippen LogP contribution in [0.5, 0.6) is 5.75 Å². The smallest absolute Gasteiger partial charge is 0.387 e. The summed E-state index contributed by atoms with van der Waals surface area (Å²) >= 11 is 0. The summed E-state index contributed by atoms with van der Waals surface area (Å²) in [6.07, 6.45) is -0.0674. The predicted octanol–water partition coefficient (Wildman–Crippen LogP) is 2.73. The van der Waals surface area contributed by atoms with E-state index < -0.39 is 28.6 Å². The van der Waals surface area contributed by atoms with E-state index in [9.17, 15) is 17.2 Å². The fourth-order valence-electron chi connectivity index (χ4n) is 2.39. The van der Waals surface area contributed by atoms with Gasteiger partial charge in [-0.05, 0) is 30.2 Å². The predicted molar refractivity (Wildman–Crippen MR) is 83.3 cm³/mol. The first-order chi connectivity index (χ1) is 11.1. The minimum atomic E-state index is -3.79. The van der Waals surface area contributed by atoms with Crippen LogP contribution in [0.15, 0.2) is 24.3 Å². The van der Waals surface area contributed by atoms with Crippen molar-refractivity contribution in [2.24, 2.45) is 5.92 Å². The molecular formula is C15H22F2O6S. The number of hydrogen-bond acceptors (Lipinski definition) is 6. The van der Waals surface area contributed by atoms with E-state index in [1.54, 1.807) is 13.8 Å². The molecule has 1 atom stereocenters. The van der Waals surface area contributed by atoms with Crippen LogP contribution in [0, 0.1) is 5.92 Å². The molecule has 0 saturated carbocycles. The van der Waals surface area contributed by atoms with Crippen LogP contribution in [-0.2, 0) is 29.6 Å². The summed E-state index contributed by atoms with van der Waals surface area (Å²) in [5.41, 5.74) is 0.400. The second-order valence-corrected chi connectivity index (χ2v) is 7.04. The highest BCUT2D eigenvalue weighted by atomic mass is 32.2. The average Bonchev–Trinajstić information content (AvgIpc) is 2.47. The van der Waals surface area contributed by atoms with Crippen LogP contribution in [0.2, 0.25) is 0 Å². The molecule has 0 spiro atoms. The topological polar surface area (TPSA) is 71.1 Å². The average molecular weight is 368 g/mol. The maximum atomic E-state index is 12.2. The molecular weight excluding hydrogens is 346 g/mol. The van der Waals surface area contributed by atoms with Gasteiger partial charge < -0.3 is 14.2 Å². The molecule has 0 aromatic heterocycles. The van der Waals surface area contributed by atoms with Crippen LogP contribution < -0.4 is 4.74 Å². The SMILES string of the molecule is COC(OC)(c1ccc(OC(F)F)cc1)C(OS(C)(=O)=O)C(C)C. The van der Waals surface area contributed by atoms with Gasteiger partial charge in [0.1, 0.15) is 11.9 Å². The Bertz CT molecular complexity index is 611. The maximum absolute atomic E-state index is 12.2. The molecule has 24 heavy (non-hydrogen) atoms. The number of methoxy groups -OCH3 is 2. The highest BCUT2D eigenvalue weighted by molar-refractivity contribution is 7.86. The Morgan fingerprint density at radius 3 is 1.88 bits per heavy atom. The molecule has 6 nitrogen and oxygen atoms in total. The van der Waals surface area contributed by atoms with E-state index >= 15 is 0 Å². The van der Waals surface area contributed by atoms with Crippen molar-refractivity contribution >= 4 is 10.1 Å². The number of rotatable bonds is 9. The summed E-state index contributed by atoms with van der Waals surface area (Å²) in [5, 5.41) is 0. The second-order valence-electron chi connectivity index (χ2n) is 5.44. The molecule has 1 rings (SSSR count). The molecule has 1 aromatic rings. The van der Waals surface area contributed by atoms with E-state index in [0.717, 1.165) is 6.26 Å². The lowest BCUT2D eigenvalue weighted by atomic mass is 9.92. The molecule has 0 bridgehead atoms. The first kappa shape index (κ1) is 20.8. The van der Waals surface area contributed by atoms with Gasteiger partial charge in [-0.1, -0.05) is 13.8 Å². The van der Waals surface area contributed by atoms with Crippen molar-refractivity contribution in [3.05, 3.63) is 29.8 Å². The number of ether oxygens (including phenoxy) is 3. The molecule has 0 radical (unpaired) electrons. The largest absolute Gasteiger partial charge is 0.435 e. The highest BCUT2D eigenvalue weighted by Crippen LogP contribution is 2.37. The molecule has 0 aliphatic carbocycles. The molecule has 0 saturated heterocycles. The van der Waals surface area contributed by atoms with Crippen LogP contribution >= 0.6 is 0 Å². The molecule has 9 heteroatoms. The lowest BCUT2D eigenvalue weighted by Gasteiger charge is -2.39. The summed E-state index contributed by atoms with van der Waals surface area (Å²) < 4.78 is 68.1. The van der Waals surface area contributed by atoms with Gasteiger partial charge in [0, 0.05) is 19.8 Å². The van der Waals surface area contributed by atoms with Gasteiger partial charge in [0.25, 0.3) is 10.1 Å². The standard InChI is InChI=1S/C15H22F2O6S/c1-10(2)13(23-24(5,18)19)15(20-3,21-4)11-6-8-12(9-7-11)22-14(16)17/h6-10,13-14H,1-5H3. The number of halogens is 2. The summed E-state index contributed by atoms with van der Waals surface area (Å²) in [6, 6.07) is 5.52. The van der Waals surface area contributed by atoms with E-state index in [-0.39, 0.29) is 11.7 Å². The van der Waals surface area contributed by atoms with Crippen LogP contribution in [0.1, 0.15) is 19.4 Å². The van der Waals surface area contributed by atoms with Crippen molar-refractivity contribution in [1.82, 2.24) is 0 Å². The molecule has 138 valence electrons. The summed E-state index contributed by atoms with van der Waals surface area (Å²) in [6.45, 7) is 0.552. The molecule has 0 fully saturated rings. The lowest BCUT2D eigenvalue weighted by molar-refractivity contribution is -0.270. The van der Waals surface area contributed by atoms with Crippen molar-refractivity contribution in [3.8, 4) is 5.75 Å². The van der Waals surface area contributed by atoms with Crippen molar-refractivity contribution in [2.45, 2.75) is 32.4 Å². The van der Waals surface area contributed by atoms with Crippen LogP contribution in [0.25, 0.3) is 0 Å². The van der Waals surface area contributed by atoms with Gasteiger partial charge in [-0.25, -0.2) is 0 Å². The van der Waals surface area contributed by atoms with E-state index in [1.807, 2.05) is 0 Å². The van der Waals surface area contributed by atoms with Crippen molar-refractivity contribution < 1.29 is 35.6 Å². The number of alkyl halides is 2. The minimum absolute atomic E-state index is 0.0417. The van der Waals surface area contributed by atoms with Crippen molar-refractivity contribution in [1.29, 1.82) is 0 Å². The van der Waals surface area contributed by atoms with Crippen LogP contribution in [-0.4, -0.2) is 41.6 Å². The van der Waals surface area contributed by atoms with Crippen molar-refractivity contribution in [3.63, 3.8) is 0 Å². The summed E-state index contributed by atoms with van der Waals surface area (Å²) in [7, 11) is -1.10. The summed E-state index contributed by atoms with van der Waals surface area (Å²) in [4.78, 5) is 0. The van der Waals surface area contributed by atoms with E-state index in [0.29, 0.717) is 5.56 Å². The van der Waals surface area contributed by atoms with Gasteiger partial charge in [-0.3, -0.25) is 4.18 Å². The first-order valence-corrected chi connectivity index (χ1v) is 8.91. The Balaban J connectivity index is 3.31. The Kier molecular flexibility index (Phi) is 7.09. The Labute approximate surface area is 140 Å². The third-order valence-corrected chi connectivity index (χ3v) is 3.90. The zero-order valence-corrected chi connectivity index (χ0v) is 15.0. The Hall–Kier alpha value is -1.29. The van der Waals surface area contributed by atoms with E-state index in [1.165, 1.54) is 38.5 Å². The quantitative estimate of drug-likeness (QED) is 0.493. The minimum Gasteiger partial charge on any atom is -0.435 e.